The number of ether oxygens (including phenoxy) is 1. The van der Waals surface area contributed by atoms with Gasteiger partial charge in [0.25, 0.3) is 0 Å². The van der Waals surface area contributed by atoms with Gasteiger partial charge in [0.1, 0.15) is 0 Å². The minimum absolute atomic E-state index is 0.0643. The maximum absolute atomic E-state index is 11.3. The second kappa shape index (κ2) is 3.45. The lowest BCUT2D eigenvalue weighted by Gasteiger charge is -1.99. The molecule has 0 aromatic rings. The van der Waals surface area contributed by atoms with Gasteiger partial charge in [-0.05, 0) is 18.3 Å². The quantitative estimate of drug-likeness (QED) is 0.497. The molecule has 0 saturated heterocycles. The Morgan fingerprint density at radius 1 is 1.57 bits per heavy atom. The highest BCUT2D eigenvalue weighted by atomic mass is 16.5. The Hall–Kier alpha value is -1.30. The first kappa shape index (κ1) is 10.8. The summed E-state index contributed by atoms with van der Waals surface area (Å²) < 4.78 is 4.70. The van der Waals surface area contributed by atoms with E-state index in [0.717, 1.165) is 0 Å². The van der Waals surface area contributed by atoms with Crippen molar-refractivity contribution in [2.75, 3.05) is 7.11 Å². The molecule has 76 valence electrons. The van der Waals surface area contributed by atoms with Gasteiger partial charge in [-0.1, -0.05) is 19.9 Å². The first-order valence-electron chi connectivity index (χ1n) is 4.61. The number of rotatable bonds is 2. The average molecular weight is 193 g/mol. The number of hydrogen-bond acceptors (Lipinski definition) is 3. The minimum Gasteiger partial charge on any atom is -0.469 e. The molecule has 0 aliphatic heterocycles. The fourth-order valence-electron chi connectivity index (χ4n) is 1.87. The van der Waals surface area contributed by atoms with Gasteiger partial charge in [-0.25, -0.2) is 0 Å². The van der Waals surface area contributed by atoms with Gasteiger partial charge < -0.3 is 4.74 Å². The molecule has 1 fully saturated rings. The van der Waals surface area contributed by atoms with Gasteiger partial charge in [-0.2, -0.15) is 5.26 Å². The Balaban J connectivity index is 2.77. The highest BCUT2D eigenvalue weighted by Gasteiger charge is 2.61. The number of nitrogens with zero attached hydrogens (tertiary/aromatic N) is 1. The van der Waals surface area contributed by atoms with E-state index in [-0.39, 0.29) is 23.2 Å². The molecule has 0 aromatic carbocycles. The van der Waals surface area contributed by atoms with Crippen LogP contribution in [0.2, 0.25) is 0 Å². The summed E-state index contributed by atoms with van der Waals surface area (Å²) in [5, 5.41) is 8.63. The van der Waals surface area contributed by atoms with Crippen molar-refractivity contribution in [3.05, 3.63) is 11.6 Å². The maximum Gasteiger partial charge on any atom is 0.309 e. The van der Waals surface area contributed by atoms with E-state index in [2.05, 4.69) is 6.07 Å². The molecule has 0 N–H and O–H groups in total. The topological polar surface area (TPSA) is 50.1 Å². The lowest BCUT2D eigenvalue weighted by molar-refractivity contribution is -0.143. The zero-order valence-corrected chi connectivity index (χ0v) is 9.00. The van der Waals surface area contributed by atoms with Crippen LogP contribution in [-0.2, 0) is 9.53 Å². The Labute approximate surface area is 84.4 Å². The van der Waals surface area contributed by atoms with E-state index in [1.54, 1.807) is 6.92 Å². The van der Waals surface area contributed by atoms with E-state index in [9.17, 15) is 4.79 Å². The smallest absolute Gasteiger partial charge is 0.309 e. The van der Waals surface area contributed by atoms with Crippen LogP contribution in [0.25, 0.3) is 0 Å². The molecule has 0 unspecified atom stereocenters. The summed E-state index contributed by atoms with van der Waals surface area (Å²) in [6.07, 6.45) is 1.86. The van der Waals surface area contributed by atoms with E-state index < -0.39 is 0 Å². The van der Waals surface area contributed by atoms with Crippen LogP contribution in [0.3, 0.4) is 0 Å². The minimum atomic E-state index is -0.179. The molecular formula is C11H15NO2. The third kappa shape index (κ3) is 1.65. The van der Waals surface area contributed by atoms with Crippen molar-refractivity contribution < 1.29 is 9.53 Å². The summed E-state index contributed by atoms with van der Waals surface area (Å²) >= 11 is 0. The zero-order valence-electron chi connectivity index (χ0n) is 9.00. The normalized spacial score (nSPS) is 29.2. The molecule has 3 nitrogen and oxygen atoms in total. The van der Waals surface area contributed by atoms with Crippen molar-refractivity contribution in [3.63, 3.8) is 0 Å². The molecule has 0 amide bonds. The number of nitriles is 1. The molecule has 0 radical (unpaired) electrons. The summed E-state index contributed by atoms with van der Waals surface area (Å²) in [5.41, 5.74) is 0.597. The van der Waals surface area contributed by atoms with Crippen molar-refractivity contribution >= 4 is 5.97 Å². The summed E-state index contributed by atoms with van der Waals surface area (Å²) in [6, 6.07) is 2.06. The molecule has 0 bridgehead atoms. The van der Waals surface area contributed by atoms with Crippen LogP contribution < -0.4 is 0 Å². The third-order valence-corrected chi connectivity index (χ3v) is 2.97. The zero-order chi connectivity index (χ0) is 10.9. The Bertz CT molecular complexity index is 323. The van der Waals surface area contributed by atoms with Gasteiger partial charge in [0.2, 0.25) is 0 Å². The number of carbonyl (C=O) groups excluding carboxylic acids is 1. The summed E-state index contributed by atoms with van der Waals surface area (Å²) in [6.45, 7) is 5.78. The molecule has 0 heterocycles. The van der Waals surface area contributed by atoms with E-state index in [4.69, 9.17) is 10.00 Å². The molecule has 0 aromatic heterocycles. The first-order valence-corrected chi connectivity index (χ1v) is 4.61. The van der Waals surface area contributed by atoms with Crippen molar-refractivity contribution in [2.24, 2.45) is 17.3 Å². The molecule has 0 spiro atoms. The average Bonchev–Trinajstić information content (AvgIpc) is 2.67. The van der Waals surface area contributed by atoms with E-state index in [0.29, 0.717) is 5.57 Å². The first-order chi connectivity index (χ1) is 6.45. The van der Waals surface area contributed by atoms with E-state index in [1.165, 1.54) is 7.11 Å². The van der Waals surface area contributed by atoms with Crippen LogP contribution in [0.4, 0.5) is 0 Å². The number of carbonyl (C=O) groups is 1. The third-order valence-electron chi connectivity index (χ3n) is 2.97. The molecule has 1 aliphatic carbocycles. The van der Waals surface area contributed by atoms with Crippen LogP contribution in [0.1, 0.15) is 20.8 Å². The summed E-state index contributed by atoms with van der Waals surface area (Å²) in [7, 11) is 1.40. The van der Waals surface area contributed by atoms with E-state index >= 15 is 0 Å². The molecule has 1 saturated carbocycles. The van der Waals surface area contributed by atoms with Gasteiger partial charge in [-0.3, -0.25) is 4.79 Å². The lowest BCUT2D eigenvalue weighted by Crippen LogP contribution is -2.07. The van der Waals surface area contributed by atoms with Crippen molar-refractivity contribution in [1.29, 1.82) is 5.26 Å². The number of esters is 1. The second-order valence-electron chi connectivity index (χ2n) is 4.31. The number of allylic oxidation sites excluding steroid dienone is 2. The SMILES string of the molecule is COC(=O)[C@@H]1[C@H](/C=C(\C)C#N)C1(C)C. The molecular weight excluding hydrogens is 178 g/mol. The number of methoxy groups -OCH3 is 1. The Kier molecular flexibility index (Phi) is 2.66. The molecule has 3 heteroatoms. The molecule has 1 rings (SSSR count). The van der Waals surface area contributed by atoms with Gasteiger partial charge in [0.05, 0.1) is 19.1 Å². The van der Waals surface area contributed by atoms with Crippen molar-refractivity contribution in [3.8, 4) is 6.07 Å². The lowest BCUT2D eigenvalue weighted by atomic mass is 10.1. The second-order valence-corrected chi connectivity index (χ2v) is 4.31. The van der Waals surface area contributed by atoms with Gasteiger partial charge in [-0.15, -0.1) is 0 Å². The van der Waals surface area contributed by atoms with Crippen LogP contribution >= 0.6 is 0 Å². The molecule has 14 heavy (non-hydrogen) atoms. The van der Waals surface area contributed by atoms with Gasteiger partial charge >= 0.3 is 5.97 Å². The molecule has 2 atom stereocenters. The Morgan fingerprint density at radius 2 is 2.14 bits per heavy atom. The van der Waals surface area contributed by atoms with Crippen LogP contribution in [0.5, 0.6) is 0 Å². The predicted molar refractivity (Wildman–Crippen MR) is 52.1 cm³/mol. The summed E-state index contributed by atoms with van der Waals surface area (Å²) in [4.78, 5) is 11.3. The fourth-order valence-corrected chi connectivity index (χ4v) is 1.87. The van der Waals surface area contributed by atoms with Crippen LogP contribution in [0.15, 0.2) is 11.6 Å². The fraction of sp³-hybridized carbons (Fsp3) is 0.636. The predicted octanol–water partition coefficient (Wildman–Crippen LogP) is 1.90. The monoisotopic (exact) mass is 193 g/mol. The Morgan fingerprint density at radius 3 is 2.57 bits per heavy atom. The summed E-state index contributed by atoms with van der Waals surface area (Å²) in [5.74, 6) is -0.118. The van der Waals surface area contributed by atoms with E-state index in [1.807, 2.05) is 19.9 Å². The largest absolute Gasteiger partial charge is 0.469 e. The highest BCUT2D eigenvalue weighted by molar-refractivity contribution is 5.78. The van der Waals surface area contributed by atoms with Crippen LogP contribution in [0, 0.1) is 28.6 Å². The maximum atomic E-state index is 11.3. The van der Waals surface area contributed by atoms with Crippen molar-refractivity contribution in [1.82, 2.24) is 0 Å². The standard InChI is InChI=1S/C11H15NO2/c1-7(6-12)5-8-9(10(13)14-4)11(8,2)3/h5,8-9H,1-4H3/b7-5+/t8-,9-/m0/s1. The van der Waals surface area contributed by atoms with Crippen LogP contribution in [-0.4, -0.2) is 13.1 Å². The molecule has 1 aliphatic rings. The number of hydrogen-bond donors (Lipinski definition) is 0. The van der Waals surface area contributed by atoms with Gasteiger partial charge in [0.15, 0.2) is 0 Å². The highest BCUT2D eigenvalue weighted by Crippen LogP contribution is 2.59. The van der Waals surface area contributed by atoms with Gasteiger partial charge in [0, 0.05) is 5.57 Å². The van der Waals surface area contributed by atoms with Crippen molar-refractivity contribution in [2.45, 2.75) is 20.8 Å².